The molecule has 3 heterocycles. The number of nitrogens with one attached hydrogen (secondary N) is 1. The maximum Gasteiger partial charge on any atom is 0.407 e. The van der Waals surface area contributed by atoms with E-state index >= 15 is 0 Å². The summed E-state index contributed by atoms with van der Waals surface area (Å²) >= 11 is 0. The van der Waals surface area contributed by atoms with Gasteiger partial charge in [-0.15, -0.1) is 0 Å². The number of aromatic nitrogens is 1. The predicted octanol–water partition coefficient (Wildman–Crippen LogP) is 5.89. The summed E-state index contributed by atoms with van der Waals surface area (Å²) in [5.74, 6) is 2.28. The first-order chi connectivity index (χ1) is 20.5. The first-order valence-electron chi connectivity index (χ1n) is 15.8. The molecule has 7 nitrogen and oxygen atoms in total. The van der Waals surface area contributed by atoms with E-state index in [0.717, 1.165) is 74.4 Å². The van der Waals surface area contributed by atoms with Crippen molar-refractivity contribution in [1.29, 1.82) is 0 Å². The lowest BCUT2D eigenvalue weighted by atomic mass is 9.87. The number of alkyl carbamates (subject to hydrolysis) is 1. The van der Waals surface area contributed by atoms with E-state index in [9.17, 15) is 14.0 Å². The molecule has 2 amide bonds. The van der Waals surface area contributed by atoms with Crippen molar-refractivity contribution in [3.8, 4) is 0 Å². The van der Waals surface area contributed by atoms with Crippen LogP contribution in [0.3, 0.4) is 0 Å². The Balaban J connectivity index is 1.09. The molecule has 3 fully saturated rings. The van der Waals surface area contributed by atoms with Crippen molar-refractivity contribution >= 4 is 22.9 Å². The maximum absolute atomic E-state index is 14.1. The number of halogens is 1. The van der Waals surface area contributed by atoms with Crippen molar-refractivity contribution in [1.82, 2.24) is 19.7 Å². The van der Waals surface area contributed by atoms with Crippen LogP contribution < -0.4 is 5.32 Å². The molecule has 42 heavy (non-hydrogen) atoms. The number of hydrogen-bond donors (Lipinski definition) is 1. The Kier molecular flexibility index (Phi) is 8.79. The van der Waals surface area contributed by atoms with Crippen LogP contribution >= 0.6 is 0 Å². The zero-order valence-electron chi connectivity index (χ0n) is 24.6. The molecule has 0 radical (unpaired) electrons. The molecule has 2 atom stereocenters. The molecule has 1 saturated carbocycles. The van der Waals surface area contributed by atoms with Crippen LogP contribution in [-0.2, 0) is 11.3 Å². The SMILES string of the molecule is CCOC(=O)NCCCn1ccc2cccc(C(=O)N3CC(CN4CCC(c5ccc(F)cc5)CC4)C(C4CC4)C3)c21. The number of piperidine rings is 1. The fourth-order valence-electron chi connectivity index (χ4n) is 7.24. The van der Waals surface area contributed by atoms with E-state index in [1.54, 1.807) is 19.1 Å². The fraction of sp³-hybridized carbons (Fsp3) is 0.529. The Morgan fingerprint density at radius 1 is 1.00 bits per heavy atom. The molecule has 0 bridgehead atoms. The molecule has 8 heteroatoms. The van der Waals surface area contributed by atoms with Gasteiger partial charge in [0, 0.05) is 44.3 Å². The van der Waals surface area contributed by atoms with Gasteiger partial charge >= 0.3 is 6.09 Å². The summed E-state index contributed by atoms with van der Waals surface area (Å²) in [5, 5.41) is 3.85. The standard InChI is InChI=1S/C34H43FN4O3/c1-2-42-34(41)36-16-4-17-38-20-15-27-5-3-6-30(32(27)38)33(40)39-22-28(31(23-39)26-7-8-26)21-37-18-13-25(14-19-37)24-9-11-29(35)12-10-24/h3,5-6,9-12,15,20,25-26,28,31H,2,4,7-8,13-14,16-19,21-23H2,1H3,(H,36,41). The molecule has 0 spiro atoms. The zero-order chi connectivity index (χ0) is 29.1. The van der Waals surface area contributed by atoms with Crippen LogP contribution in [-0.4, -0.2) is 72.2 Å². The van der Waals surface area contributed by atoms with Crippen molar-refractivity contribution in [2.45, 2.75) is 51.5 Å². The van der Waals surface area contributed by atoms with E-state index in [4.69, 9.17) is 4.74 Å². The normalized spacial score (nSPS) is 21.6. The number of nitrogens with zero attached hydrogens (tertiary/aromatic N) is 3. The topological polar surface area (TPSA) is 66.8 Å². The van der Waals surface area contributed by atoms with E-state index in [0.29, 0.717) is 37.5 Å². The molecular weight excluding hydrogens is 531 g/mol. The quantitative estimate of drug-likeness (QED) is 0.307. The van der Waals surface area contributed by atoms with E-state index in [2.05, 4.69) is 31.8 Å². The number of likely N-dealkylation sites (tertiary alicyclic amines) is 2. The number of benzene rings is 2. The maximum atomic E-state index is 14.1. The summed E-state index contributed by atoms with van der Waals surface area (Å²) < 4.78 is 20.5. The highest BCUT2D eigenvalue weighted by Gasteiger charge is 2.44. The van der Waals surface area contributed by atoms with Crippen LogP contribution in [0.15, 0.2) is 54.7 Å². The summed E-state index contributed by atoms with van der Waals surface area (Å²) in [6.45, 7) is 8.21. The van der Waals surface area contributed by atoms with Crippen molar-refractivity contribution in [3.63, 3.8) is 0 Å². The lowest BCUT2D eigenvalue weighted by Gasteiger charge is -2.34. The van der Waals surface area contributed by atoms with Crippen molar-refractivity contribution in [2.75, 3.05) is 45.9 Å². The predicted molar refractivity (Wildman–Crippen MR) is 162 cm³/mol. The number of fused-ring (bicyclic) bond motifs is 1. The highest BCUT2D eigenvalue weighted by Crippen LogP contribution is 2.45. The van der Waals surface area contributed by atoms with Gasteiger partial charge in [0.05, 0.1) is 17.7 Å². The molecule has 2 aromatic carbocycles. The van der Waals surface area contributed by atoms with Crippen molar-refractivity contribution in [3.05, 3.63) is 71.7 Å². The number of para-hydroxylation sites is 1. The second-order valence-electron chi connectivity index (χ2n) is 12.4. The Morgan fingerprint density at radius 3 is 2.52 bits per heavy atom. The van der Waals surface area contributed by atoms with Crippen molar-refractivity contribution in [2.24, 2.45) is 17.8 Å². The molecule has 224 valence electrons. The van der Waals surface area contributed by atoms with Gasteiger partial charge in [-0.2, -0.15) is 0 Å². The average Bonchev–Trinajstić information content (AvgIpc) is 3.63. The van der Waals surface area contributed by atoms with Crippen LogP contribution in [0.25, 0.3) is 10.9 Å². The molecular formula is C34H43FN4O3. The van der Waals surface area contributed by atoms with Crippen LogP contribution in [0.2, 0.25) is 0 Å². The number of carbonyl (C=O) groups excluding carboxylic acids is 2. The van der Waals surface area contributed by atoms with E-state index < -0.39 is 6.09 Å². The van der Waals surface area contributed by atoms with Gasteiger partial charge in [0.15, 0.2) is 0 Å². The van der Waals surface area contributed by atoms with Gasteiger partial charge in [-0.1, -0.05) is 24.3 Å². The monoisotopic (exact) mass is 574 g/mol. The number of ether oxygens (including phenoxy) is 1. The fourth-order valence-corrected chi connectivity index (χ4v) is 7.24. The van der Waals surface area contributed by atoms with Gasteiger partial charge in [-0.3, -0.25) is 4.79 Å². The summed E-state index contributed by atoms with van der Waals surface area (Å²) in [6, 6.07) is 15.1. The minimum Gasteiger partial charge on any atom is -0.450 e. The summed E-state index contributed by atoms with van der Waals surface area (Å²) in [4.78, 5) is 30.4. The summed E-state index contributed by atoms with van der Waals surface area (Å²) in [7, 11) is 0. The second kappa shape index (κ2) is 12.9. The molecule has 1 aliphatic carbocycles. The Labute approximate surface area is 248 Å². The van der Waals surface area contributed by atoms with E-state index in [1.165, 1.54) is 18.4 Å². The number of amides is 2. The first kappa shape index (κ1) is 28.7. The van der Waals surface area contributed by atoms with Crippen molar-refractivity contribution < 1.29 is 18.7 Å². The highest BCUT2D eigenvalue weighted by molar-refractivity contribution is 6.06. The lowest BCUT2D eigenvalue weighted by molar-refractivity contribution is 0.0781. The van der Waals surface area contributed by atoms with Gasteiger partial charge in [-0.05, 0) is 106 Å². The van der Waals surface area contributed by atoms with Crippen LogP contribution in [0.5, 0.6) is 0 Å². The number of aryl methyl sites for hydroxylation is 1. The first-order valence-corrected chi connectivity index (χ1v) is 15.8. The number of rotatable bonds is 10. The van der Waals surface area contributed by atoms with Crippen LogP contribution in [0.4, 0.5) is 9.18 Å². The van der Waals surface area contributed by atoms with E-state index in [1.807, 2.05) is 30.5 Å². The molecule has 1 aromatic heterocycles. The number of carbonyl (C=O) groups is 2. The van der Waals surface area contributed by atoms with Gasteiger partial charge < -0.3 is 24.4 Å². The Bertz CT molecular complexity index is 1380. The minimum absolute atomic E-state index is 0.133. The van der Waals surface area contributed by atoms with Gasteiger partial charge in [0.2, 0.25) is 0 Å². The molecule has 2 saturated heterocycles. The van der Waals surface area contributed by atoms with Gasteiger partial charge in [0.1, 0.15) is 5.82 Å². The van der Waals surface area contributed by atoms with Gasteiger partial charge in [-0.25, -0.2) is 9.18 Å². The minimum atomic E-state index is -0.392. The van der Waals surface area contributed by atoms with Crippen LogP contribution in [0, 0.1) is 23.6 Å². The molecule has 1 N–H and O–H groups in total. The summed E-state index contributed by atoms with van der Waals surface area (Å²) in [6.07, 6.45) is 7.17. The van der Waals surface area contributed by atoms with E-state index in [-0.39, 0.29) is 11.7 Å². The highest BCUT2D eigenvalue weighted by atomic mass is 19.1. The number of hydrogen-bond acceptors (Lipinski definition) is 4. The van der Waals surface area contributed by atoms with Gasteiger partial charge in [0.25, 0.3) is 5.91 Å². The Hall–Kier alpha value is -3.39. The third kappa shape index (κ3) is 6.48. The molecule has 6 rings (SSSR count). The molecule has 2 aliphatic heterocycles. The average molecular weight is 575 g/mol. The third-order valence-electron chi connectivity index (χ3n) is 9.57. The molecule has 2 unspecified atom stereocenters. The molecule has 3 aromatic rings. The second-order valence-corrected chi connectivity index (χ2v) is 12.4. The zero-order valence-corrected chi connectivity index (χ0v) is 24.6. The lowest BCUT2D eigenvalue weighted by Crippen LogP contribution is -2.39. The largest absolute Gasteiger partial charge is 0.450 e. The molecule has 3 aliphatic rings. The third-order valence-corrected chi connectivity index (χ3v) is 9.57. The summed E-state index contributed by atoms with van der Waals surface area (Å²) in [5.41, 5.74) is 3.00. The van der Waals surface area contributed by atoms with Crippen LogP contribution in [0.1, 0.15) is 60.9 Å². The smallest absolute Gasteiger partial charge is 0.407 e. The Morgan fingerprint density at radius 2 is 1.79 bits per heavy atom.